The molecule has 0 rings (SSSR count). The average molecular weight is 253 g/mol. The highest BCUT2D eigenvalue weighted by atomic mass is 35.5. The van der Waals surface area contributed by atoms with Gasteiger partial charge in [-0.3, -0.25) is 9.05 Å². The Balaban J connectivity index is 4.51. The van der Waals surface area contributed by atoms with Crippen LogP contribution in [-0.4, -0.2) is 28.8 Å². The van der Waals surface area contributed by atoms with Crippen LogP contribution >= 0.6 is 31.0 Å². The van der Waals surface area contributed by atoms with Gasteiger partial charge in [0.15, 0.2) is 0 Å². The molecule has 80 valence electrons. The van der Waals surface area contributed by atoms with Gasteiger partial charge in [0, 0.05) is 11.8 Å². The zero-order valence-electron chi connectivity index (χ0n) is 9.29. The quantitative estimate of drug-likeness (QED) is 0.583. The lowest BCUT2D eigenvalue weighted by atomic mass is 10.5. The smallest absolute Gasteiger partial charge is 0.302 e. The van der Waals surface area contributed by atoms with Gasteiger partial charge in [-0.05, 0) is 13.8 Å². The van der Waals surface area contributed by atoms with Gasteiger partial charge in [0.2, 0.25) is 0 Å². The summed E-state index contributed by atoms with van der Waals surface area (Å²) in [6.45, 7) is 2.41. The van der Waals surface area contributed by atoms with E-state index >= 15 is 0 Å². The summed E-state index contributed by atoms with van der Waals surface area (Å²) in [5, 5.41) is 0. The van der Waals surface area contributed by atoms with Gasteiger partial charge < -0.3 is 4.89 Å². The van der Waals surface area contributed by atoms with E-state index in [1.807, 2.05) is 0 Å². The second kappa shape index (κ2) is 6.23. The van der Waals surface area contributed by atoms with Crippen LogP contribution in [-0.2, 0) is 13.6 Å². The molecule has 0 fully saturated rings. The van der Waals surface area contributed by atoms with Crippen LogP contribution < -0.4 is 0 Å². The summed E-state index contributed by atoms with van der Waals surface area (Å²) in [6, 6.07) is 0. The number of rotatable bonds is 6. The molecule has 7 heteroatoms. The minimum atomic E-state index is -4.51. The largest absolute Gasteiger partial charge is 0.472 e. The fraction of sp³-hybridized carbons (Fsp3) is 1.00. The molecular formula is C6H13Cl2O4P. The molecule has 0 saturated carbocycles. The van der Waals surface area contributed by atoms with Crippen LogP contribution in [0.1, 0.15) is 16.6 Å². The summed E-state index contributed by atoms with van der Waals surface area (Å²) in [5.74, 6) is -0.618. The van der Waals surface area contributed by atoms with E-state index in [1.54, 1.807) is 0 Å². The first-order valence-electron chi connectivity index (χ1n) is 4.40. The van der Waals surface area contributed by atoms with Crippen LogP contribution in [0, 0.1) is 0 Å². The van der Waals surface area contributed by atoms with Crippen LogP contribution in [0.15, 0.2) is 0 Å². The van der Waals surface area contributed by atoms with Crippen LogP contribution in [0.4, 0.5) is 0 Å². The Bertz CT molecular complexity index is 240. The number of phosphoric acid groups is 1. The Morgan fingerprint density at radius 3 is 1.92 bits per heavy atom. The molecule has 0 aliphatic heterocycles. The average Bonchev–Trinajstić information content (AvgIpc) is 2.00. The molecule has 2 unspecified atom stereocenters. The van der Waals surface area contributed by atoms with Crippen molar-refractivity contribution in [1.82, 2.24) is 0 Å². The summed E-state index contributed by atoms with van der Waals surface area (Å²) >= 11 is 10.7. The minimum Gasteiger partial charge on any atom is -0.302 e. The molecule has 0 aromatic rings. The number of hydrogen-bond acceptors (Lipinski definition) is 3. The first-order valence-corrected chi connectivity index (χ1v) is 5.96. The normalized spacial score (nSPS) is 27.8. The molecule has 0 saturated heterocycles. The molecule has 0 aliphatic carbocycles. The van der Waals surface area contributed by atoms with Crippen molar-refractivity contribution in [1.29, 1.82) is 0 Å². The Kier molecular flexibility index (Phi) is 4.89. The highest BCUT2D eigenvalue weighted by Gasteiger charge is 2.26. The van der Waals surface area contributed by atoms with Crippen molar-refractivity contribution in [2.75, 3.05) is 11.8 Å². The number of halogens is 2. The second-order valence-electron chi connectivity index (χ2n) is 2.32. The van der Waals surface area contributed by atoms with Crippen LogP contribution in [0.2, 0.25) is 0 Å². The van der Waals surface area contributed by atoms with Crippen molar-refractivity contribution in [3.05, 3.63) is 0 Å². The van der Waals surface area contributed by atoms with E-state index in [2.05, 4.69) is 9.05 Å². The summed E-state index contributed by atoms with van der Waals surface area (Å²) in [5.41, 5.74) is 0. The predicted octanol–water partition coefficient (Wildman–Crippen LogP) is 2.37. The van der Waals surface area contributed by atoms with Gasteiger partial charge in [0.05, 0.1) is 14.9 Å². The van der Waals surface area contributed by atoms with Gasteiger partial charge in [0.25, 0.3) is 0 Å². The molecule has 0 aromatic carbocycles. The lowest BCUT2D eigenvalue weighted by Gasteiger charge is -2.18. The van der Waals surface area contributed by atoms with Crippen LogP contribution in [0.3, 0.4) is 0 Å². The molecule has 0 aromatic heterocycles. The maximum Gasteiger partial charge on any atom is 0.472 e. The van der Waals surface area contributed by atoms with Gasteiger partial charge in [-0.25, -0.2) is 4.57 Å². The Labute approximate surface area is 90.6 Å². The molecule has 0 heterocycles. The molecule has 2 atom stereocenters. The molecule has 0 amide bonds. The van der Waals surface area contributed by atoms with Gasteiger partial charge in [-0.15, -0.1) is 23.2 Å². The summed E-state index contributed by atoms with van der Waals surface area (Å²) in [7, 11) is -4.51. The standard InChI is InChI=1S/C6H13Cl2O4P/c1-5(3-7)11-13(9,10)12-6(2)4-8/h5-6H,3-4H2,1-2H3,(H,9,10)/i5D,6D. The third kappa shape index (κ3) is 6.72. The molecule has 13 heavy (non-hydrogen) atoms. The van der Waals surface area contributed by atoms with Gasteiger partial charge in [-0.2, -0.15) is 0 Å². The molecule has 0 radical (unpaired) electrons. The van der Waals surface area contributed by atoms with Crippen molar-refractivity contribution >= 4 is 31.0 Å². The van der Waals surface area contributed by atoms with E-state index in [1.165, 1.54) is 13.8 Å². The minimum absolute atomic E-state index is 0.309. The van der Waals surface area contributed by atoms with E-state index in [9.17, 15) is 9.46 Å². The Hall–Kier alpha value is 0.690. The second-order valence-corrected chi connectivity index (χ2v) is 4.16. The van der Waals surface area contributed by atoms with E-state index < -0.39 is 20.0 Å². The maximum atomic E-state index is 11.3. The number of alkyl halides is 2. The molecule has 0 aliphatic rings. The zero-order valence-corrected chi connectivity index (χ0v) is 9.70. The van der Waals surface area contributed by atoms with Crippen molar-refractivity contribution in [2.45, 2.75) is 26.0 Å². The lowest BCUT2D eigenvalue weighted by Crippen LogP contribution is -2.14. The monoisotopic (exact) mass is 252 g/mol. The molecule has 0 spiro atoms. The molecule has 0 bridgehead atoms. The maximum absolute atomic E-state index is 11.3. The van der Waals surface area contributed by atoms with E-state index in [0.717, 1.165) is 0 Å². The van der Waals surface area contributed by atoms with Crippen molar-refractivity contribution in [2.24, 2.45) is 0 Å². The van der Waals surface area contributed by atoms with Crippen LogP contribution in [0.25, 0.3) is 0 Å². The third-order valence-electron chi connectivity index (χ3n) is 0.919. The summed E-state index contributed by atoms with van der Waals surface area (Å²) < 4.78 is 34.9. The topological polar surface area (TPSA) is 55.8 Å². The van der Waals surface area contributed by atoms with E-state index in [-0.39, 0.29) is 11.8 Å². The highest BCUT2D eigenvalue weighted by molar-refractivity contribution is 7.47. The molecular weight excluding hydrogens is 238 g/mol. The zero-order chi connectivity index (χ0) is 12.3. The first kappa shape index (κ1) is 10.2. The fourth-order valence-corrected chi connectivity index (χ4v) is 1.68. The van der Waals surface area contributed by atoms with Crippen molar-refractivity contribution < 1.29 is 21.2 Å². The lowest BCUT2D eigenvalue weighted by molar-refractivity contribution is 0.101. The van der Waals surface area contributed by atoms with E-state index in [4.69, 9.17) is 25.9 Å². The number of hydrogen-bond donors (Lipinski definition) is 1. The molecule has 1 N–H and O–H groups in total. The van der Waals surface area contributed by atoms with Crippen molar-refractivity contribution in [3.8, 4) is 0 Å². The third-order valence-corrected chi connectivity index (χ3v) is 2.76. The Morgan fingerprint density at radius 1 is 1.38 bits per heavy atom. The Morgan fingerprint density at radius 2 is 1.69 bits per heavy atom. The van der Waals surface area contributed by atoms with Gasteiger partial charge in [-0.1, -0.05) is 0 Å². The van der Waals surface area contributed by atoms with Crippen molar-refractivity contribution in [3.63, 3.8) is 0 Å². The summed E-state index contributed by atoms with van der Waals surface area (Å²) in [6.07, 6.45) is -3.51. The highest BCUT2D eigenvalue weighted by Crippen LogP contribution is 2.45. The van der Waals surface area contributed by atoms with E-state index in [0.29, 0.717) is 0 Å². The van der Waals surface area contributed by atoms with Gasteiger partial charge >= 0.3 is 7.82 Å². The fourth-order valence-electron chi connectivity index (χ4n) is 0.461. The summed E-state index contributed by atoms with van der Waals surface area (Å²) in [4.78, 5) is 9.20. The number of phosphoric ester groups is 1. The molecule has 4 nitrogen and oxygen atoms in total. The van der Waals surface area contributed by atoms with Gasteiger partial charge in [0.1, 0.15) is 0 Å². The SMILES string of the molecule is [2H]C(C)(CCl)OP(=O)(O)OC([2H])(C)CCl. The predicted molar refractivity (Wildman–Crippen MR) is 52.4 cm³/mol. The first-order chi connectivity index (χ1) is 6.54. The van der Waals surface area contributed by atoms with Crippen LogP contribution in [0.5, 0.6) is 0 Å².